The molecule has 1 aromatic rings. The fourth-order valence-electron chi connectivity index (χ4n) is 0.981. The lowest BCUT2D eigenvalue weighted by Crippen LogP contribution is -2.22. The number of aromatic nitrogens is 1. The summed E-state index contributed by atoms with van der Waals surface area (Å²) in [5, 5.41) is 0. The molecule has 4 heteroatoms. The second kappa shape index (κ2) is 4.67. The van der Waals surface area contributed by atoms with Gasteiger partial charge in [0.1, 0.15) is 5.82 Å². The van der Waals surface area contributed by atoms with Crippen LogP contribution in [0, 0.1) is 0 Å². The van der Waals surface area contributed by atoms with Crippen molar-refractivity contribution < 1.29 is 4.74 Å². The lowest BCUT2D eigenvalue weighted by Gasteiger charge is -2.17. The quantitative estimate of drug-likeness (QED) is 0.744. The third-order valence-corrected chi connectivity index (χ3v) is 1.84. The molecule has 0 saturated carbocycles. The molecule has 1 heterocycles. The molecule has 4 nitrogen and oxygen atoms in total. The van der Waals surface area contributed by atoms with Crippen LogP contribution in [0.2, 0.25) is 0 Å². The summed E-state index contributed by atoms with van der Waals surface area (Å²) in [7, 11) is 3.68. The highest BCUT2D eigenvalue weighted by molar-refractivity contribution is 5.47. The van der Waals surface area contributed by atoms with E-state index in [1.807, 2.05) is 13.1 Å². The van der Waals surface area contributed by atoms with Crippen LogP contribution in [0.4, 0.5) is 11.5 Å². The second-order valence-corrected chi connectivity index (χ2v) is 2.86. The standard InChI is InChI=1S/C9H15N3O/c1-12(5-6-13-2)8-3-4-9(10)11-7-8/h3-4,7H,5-6H2,1-2H3,(H2,10,11). The Bertz CT molecular complexity index is 248. The molecule has 0 bridgehead atoms. The normalized spacial score (nSPS) is 10.0. The molecule has 1 aromatic heterocycles. The average Bonchev–Trinajstić information content (AvgIpc) is 2.15. The van der Waals surface area contributed by atoms with Crippen LogP contribution in [-0.4, -0.2) is 32.3 Å². The molecule has 0 radical (unpaired) electrons. The molecule has 13 heavy (non-hydrogen) atoms. The van der Waals surface area contributed by atoms with Crippen molar-refractivity contribution in [2.24, 2.45) is 0 Å². The molecule has 0 aliphatic carbocycles. The lowest BCUT2D eigenvalue weighted by molar-refractivity contribution is 0.206. The van der Waals surface area contributed by atoms with Crippen molar-refractivity contribution in [1.29, 1.82) is 0 Å². The Morgan fingerprint density at radius 3 is 2.85 bits per heavy atom. The molecule has 72 valence electrons. The Labute approximate surface area is 78.3 Å². The minimum atomic E-state index is 0.545. The van der Waals surface area contributed by atoms with E-state index in [4.69, 9.17) is 10.5 Å². The number of pyridine rings is 1. The summed E-state index contributed by atoms with van der Waals surface area (Å²) in [4.78, 5) is 6.07. The van der Waals surface area contributed by atoms with E-state index >= 15 is 0 Å². The molecule has 0 saturated heterocycles. The van der Waals surface area contributed by atoms with Crippen LogP contribution in [0.15, 0.2) is 18.3 Å². The van der Waals surface area contributed by atoms with Gasteiger partial charge in [0.25, 0.3) is 0 Å². The number of nitrogen functional groups attached to an aromatic ring is 1. The lowest BCUT2D eigenvalue weighted by atomic mass is 10.3. The number of hydrogen-bond donors (Lipinski definition) is 1. The van der Waals surface area contributed by atoms with Crippen LogP contribution >= 0.6 is 0 Å². The zero-order valence-electron chi connectivity index (χ0n) is 8.03. The van der Waals surface area contributed by atoms with Gasteiger partial charge in [-0.2, -0.15) is 0 Å². The molecular weight excluding hydrogens is 166 g/mol. The van der Waals surface area contributed by atoms with Gasteiger partial charge in [-0.3, -0.25) is 0 Å². The molecular formula is C9H15N3O. The first-order valence-electron chi connectivity index (χ1n) is 4.15. The molecule has 0 fully saturated rings. The van der Waals surface area contributed by atoms with Gasteiger partial charge in [0, 0.05) is 20.7 Å². The predicted octanol–water partition coefficient (Wildman–Crippen LogP) is 0.746. The molecule has 0 spiro atoms. The van der Waals surface area contributed by atoms with Gasteiger partial charge in [0.15, 0.2) is 0 Å². The first-order valence-corrected chi connectivity index (χ1v) is 4.15. The van der Waals surface area contributed by atoms with Crippen LogP contribution in [-0.2, 0) is 4.74 Å². The summed E-state index contributed by atoms with van der Waals surface area (Å²) in [5.74, 6) is 0.545. The van der Waals surface area contributed by atoms with E-state index in [-0.39, 0.29) is 0 Å². The van der Waals surface area contributed by atoms with Gasteiger partial charge >= 0.3 is 0 Å². The van der Waals surface area contributed by atoms with Crippen LogP contribution in [0.1, 0.15) is 0 Å². The van der Waals surface area contributed by atoms with Gasteiger partial charge in [-0.15, -0.1) is 0 Å². The minimum absolute atomic E-state index is 0.545. The summed E-state index contributed by atoms with van der Waals surface area (Å²) >= 11 is 0. The van der Waals surface area contributed by atoms with E-state index in [2.05, 4.69) is 9.88 Å². The third kappa shape index (κ3) is 2.91. The van der Waals surface area contributed by atoms with Crippen molar-refractivity contribution in [2.45, 2.75) is 0 Å². The number of anilines is 2. The number of likely N-dealkylation sites (N-methyl/N-ethyl adjacent to an activating group) is 1. The average molecular weight is 181 g/mol. The number of nitrogens with two attached hydrogens (primary N) is 1. The van der Waals surface area contributed by atoms with Crippen LogP contribution in [0.3, 0.4) is 0 Å². The highest BCUT2D eigenvalue weighted by Crippen LogP contribution is 2.11. The smallest absolute Gasteiger partial charge is 0.123 e. The highest BCUT2D eigenvalue weighted by Gasteiger charge is 1.99. The van der Waals surface area contributed by atoms with Crippen molar-refractivity contribution in [3.05, 3.63) is 18.3 Å². The third-order valence-electron chi connectivity index (χ3n) is 1.84. The van der Waals surface area contributed by atoms with Crippen molar-refractivity contribution in [3.63, 3.8) is 0 Å². The van der Waals surface area contributed by atoms with E-state index in [0.29, 0.717) is 12.4 Å². The second-order valence-electron chi connectivity index (χ2n) is 2.86. The minimum Gasteiger partial charge on any atom is -0.384 e. The molecule has 0 amide bonds. The molecule has 0 aliphatic rings. The van der Waals surface area contributed by atoms with E-state index in [1.54, 1.807) is 19.4 Å². The van der Waals surface area contributed by atoms with E-state index < -0.39 is 0 Å². The van der Waals surface area contributed by atoms with Crippen LogP contribution in [0.5, 0.6) is 0 Å². The molecule has 0 unspecified atom stereocenters. The first-order chi connectivity index (χ1) is 6.24. The van der Waals surface area contributed by atoms with Crippen molar-refractivity contribution in [3.8, 4) is 0 Å². The topological polar surface area (TPSA) is 51.4 Å². The first kappa shape index (κ1) is 9.80. The van der Waals surface area contributed by atoms with Crippen molar-refractivity contribution in [2.75, 3.05) is 37.9 Å². The van der Waals surface area contributed by atoms with Crippen molar-refractivity contribution >= 4 is 11.5 Å². The fraction of sp³-hybridized carbons (Fsp3) is 0.444. The van der Waals surface area contributed by atoms with Crippen LogP contribution < -0.4 is 10.6 Å². The van der Waals surface area contributed by atoms with Gasteiger partial charge in [0.05, 0.1) is 18.5 Å². The summed E-state index contributed by atoms with van der Waals surface area (Å²) in [5.41, 5.74) is 6.52. The number of rotatable bonds is 4. The van der Waals surface area contributed by atoms with Crippen molar-refractivity contribution in [1.82, 2.24) is 4.98 Å². The number of methoxy groups -OCH3 is 1. The van der Waals surface area contributed by atoms with Gasteiger partial charge in [-0.05, 0) is 12.1 Å². The van der Waals surface area contributed by atoms with E-state index in [0.717, 1.165) is 12.2 Å². The number of ether oxygens (including phenoxy) is 1. The molecule has 1 rings (SSSR count). The number of nitrogens with zero attached hydrogens (tertiary/aromatic N) is 2. The number of hydrogen-bond acceptors (Lipinski definition) is 4. The Morgan fingerprint density at radius 1 is 1.54 bits per heavy atom. The summed E-state index contributed by atoms with van der Waals surface area (Å²) in [6.45, 7) is 1.56. The molecule has 2 N–H and O–H groups in total. The van der Waals surface area contributed by atoms with Gasteiger partial charge in [0.2, 0.25) is 0 Å². The van der Waals surface area contributed by atoms with Gasteiger partial charge < -0.3 is 15.4 Å². The Morgan fingerprint density at radius 2 is 2.31 bits per heavy atom. The zero-order chi connectivity index (χ0) is 9.68. The predicted molar refractivity (Wildman–Crippen MR) is 53.8 cm³/mol. The summed E-state index contributed by atoms with van der Waals surface area (Å²) < 4.78 is 4.97. The largest absolute Gasteiger partial charge is 0.384 e. The maximum Gasteiger partial charge on any atom is 0.123 e. The molecule has 0 atom stereocenters. The Kier molecular flexibility index (Phi) is 3.52. The maximum atomic E-state index is 5.47. The van der Waals surface area contributed by atoms with Gasteiger partial charge in [-0.25, -0.2) is 4.98 Å². The van der Waals surface area contributed by atoms with E-state index in [9.17, 15) is 0 Å². The monoisotopic (exact) mass is 181 g/mol. The highest BCUT2D eigenvalue weighted by atomic mass is 16.5. The SMILES string of the molecule is COCCN(C)c1ccc(N)nc1. The van der Waals surface area contributed by atoms with Gasteiger partial charge in [-0.1, -0.05) is 0 Å². The Hall–Kier alpha value is -1.29. The summed E-state index contributed by atoms with van der Waals surface area (Å²) in [6, 6.07) is 3.73. The molecule has 0 aromatic carbocycles. The molecule has 0 aliphatic heterocycles. The van der Waals surface area contributed by atoms with Crippen LogP contribution in [0.25, 0.3) is 0 Å². The Balaban J connectivity index is 2.55. The fourth-order valence-corrected chi connectivity index (χ4v) is 0.981. The maximum absolute atomic E-state index is 5.47. The van der Waals surface area contributed by atoms with E-state index in [1.165, 1.54) is 0 Å². The summed E-state index contributed by atoms with van der Waals surface area (Å²) in [6.07, 6.45) is 1.75. The zero-order valence-corrected chi connectivity index (χ0v) is 8.03.